The molecule has 0 saturated carbocycles. The van der Waals surface area contributed by atoms with Crippen LogP contribution < -0.4 is 5.32 Å². The molecule has 2 aromatic rings. The average Bonchev–Trinajstić information content (AvgIpc) is 2.57. The Balaban J connectivity index is 2.84. The SMILES string of the molecule is CC(N=O)c1c(F)c(Cl)nc(-c2ccc(F)cc2F)c1NC(=O)C(F)(F)F. The van der Waals surface area contributed by atoms with Gasteiger partial charge in [-0.2, -0.15) is 18.1 Å². The average molecular weight is 412 g/mol. The van der Waals surface area contributed by atoms with Crippen molar-refractivity contribution in [2.45, 2.75) is 19.1 Å². The Morgan fingerprint density at radius 1 is 1.26 bits per heavy atom. The van der Waals surface area contributed by atoms with Gasteiger partial charge in [0.05, 0.1) is 11.4 Å². The normalized spacial score (nSPS) is 12.6. The van der Waals surface area contributed by atoms with Gasteiger partial charge in [0, 0.05) is 17.2 Å². The third kappa shape index (κ3) is 4.18. The Morgan fingerprint density at radius 2 is 1.89 bits per heavy atom. The number of nitrogens with one attached hydrogen (secondary N) is 1. The number of alkyl halides is 3. The molecule has 0 aliphatic carbocycles. The number of hydrogen-bond donors (Lipinski definition) is 1. The first-order valence-corrected chi connectivity index (χ1v) is 7.40. The maximum atomic E-state index is 14.3. The van der Waals surface area contributed by atoms with Crippen LogP contribution in [0.1, 0.15) is 18.5 Å². The molecule has 0 bridgehead atoms. The molecule has 2 rings (SSSR count). The molecule has 1 atom stereocenters. The number of carbonyl (C=O) groups excluding carboxylic acids is 1. The lowest BCUT2D eigenvalue weighted by atomic mass is 10.0. The van der Waals surface area contributed by atoms with Crippen molar-refractivity contribution in [2.24, 2.45) is 5.18 Å². The third-order valence-corrected chi connectivity index (χ3v) is 3.64. The summed E-state index contributed by atoms with van der Waals surface area (Å²) in [7, 11) is 0. The number of aromatic nitrogens is 1. The highest BCUT2D eigenvalue weighted by molar-refractivity contribution is 6.30. The van der Waals surface area contributed by atoms with Crippen LogP contribution in [0.15, 0.2) is 23.4 Å². The molecule has 1 amide bonds. The van der Waals surface area contributed by atoms with E-state index < -0.39 is 63.2 Å². The summed E-state index contributed by atoms with van der Waals surface area (Å²) in [4.78, 5) is 25.6. The van der Waals surface area contributed by atoms with Gasteiger partial charge in [0.25, 0.3) is 0 Å². The summed E-state index contributed by atoms with van der Waals surface area (Å²) >= 11 is 5.59. The van der Waals surface area contributed by atoms with Crippen molar-refractivity contribution in [3.8, 4) is 11.3 Å². The highest BCUT2D eigenvalue weighted by Gasteiger charge is 2.40. The van der Waals surface area contributed by atoms with Gasteiger partial charge in [-0.15, -0.1) is 0 Å². The second-order valence-corrected chi connectivity index (χ2v) is 5.57. The molecule has 144 valence electrons. The van der Waals surface area contributed by atoms with Gasteiger partial charge >= 0.3 is 12.1 Å². The van der Waals surface area contributed by atoms with Gasteiger partial charge in [0.1, 0.15) is 17.7 Å². The standard InChI is InChI=1S/C15H8ClF6N3O2/c1-5(25-27)9-10(19)13(16)23-11(7-3-2-6(17)4-8(7)18)12(9)24-14(26)15(20,21)22/h2-5H,1H3,(H,24,26). The van der Waals surface area contributed by atoms with Crippen molar-refractivity contribution in [2.75, 3.05) is 5.32 Å². The van der Waals surface area contributed by atoms with Crippen LogP contribution in [0.2, 0.25) is 5.15 Å². The minimum atomic E-state index is -5.39. The fraction of sp³-hybridized carbons (Fsp3) is 0.200. The molecule has 27 heavy (non-hydrogen) atoms. The van der Waals surface area contributed by atoms with Crippen molar-refractivity contribution in [3.63, 3.8) is 0 Å². The molecule has 0 aliphatic heterocycles. The Hall–Kier alpha value is -2.69. The lowest BCUT2D eigenvalue weighted by molar-refractivity contribution is -0.167. The number of carbonyl (C=O) groups is 1. The van der Waals surface area contributed by atoms with Crippen LogP contribution in [0.5, 0.6) is 0 Å². The van der Waals surface area contributed by atoms with E-state index in [9.17, 15) is 36.0 Å². The van der Waals surface area contributed by atoms with E-state index in [4.69, 9.17) is 11.6 Å². The van der Waals surface area contributed by atoms with Crippen LogP contribution in [0, 0.1) is 22.4 Å². The summed E-state index contributed by atoms with van der Waals surface area (Å²) in [6, 6.07) is 0.336. The predicted octanol–water partition coefficient (Wildman–Crippen LogP) is 5.15. The number of hydrogen-bond acceptors (Lipinski definition) is 4. The topological polar surface area (TPSA) is 71.4 Å². The minimum Gasteiger partial charge on any atom is -0.316 e. The minimum absolute atomic E-state index is 0.394. The highest BCUT2D eigenvalue weighted by atomic mass is 35.5. The maximum Gasteiger partial charge on any atom is 0.471 e. The molecule has 0 saturated heterocycles. The first-order chi connectivity index (χ1) is 12.5. The Morgan fingerprint density at radius 3 is 2.41 bits per heavy atom. The summed E-state index contributed by atoms with van der Waals surface area (Å²) in [5, 5.41) is 2.94. The number of halogens is 7. The molecule has 1 N–H and O–H groups in total. The van der Waals surface area contributed by atoms with Crippen LogP contribution in [0.3, 0.4) is 0 Å². The zero-order chi connectivity index (χ0) is 20.5. The Kier molecular flexibility index (Phi) is 5.73. The zero-order valence-electron chi connectivity index (χ0n) is 13.2. The van der Waals surface area contributed by atoms with Gasteiger partial charge in [0.15, 0.2) is 11.0 Å². The van der Waals surface area contributed by atoms with E-state index in [1.54, 1.807) is 0 Å². The molecule has 0 aliphatic rings. The van der Waals surface area contributed by atoms with E-state index in [0.717, 1.165) is 19.1 Å². The molecule has 0 spiro atoms. The smallest absolute Gasteiger partial charge is 0.316 e. The maximum absolute atomic E-state index is 14.3. The summed E-state index contributed by atoms with van der Waals surface area (Å²) in [5.41, 5.74) is -3.12. The van der Waals surface area contributed by atoms with Crippen molar-refractivity contribution >= 4 is 23.2 Å². The number of pyridine rings is 1. The second-order valence-electron chi connectivity index (χ2n) is 5.21. The van der Waals surface area contributed by atoms with Gasteiger partial charge in [-0.05, 0) is 19.1 Å². The van der Waals surface area contributed by atoms with Crippen LogP contribution in [0.4, 0.5) is 32.0 Å². The lowest BCUT2D eigenvalue weighted by Crippen LogP contribution is -2.31. The third-order valence-electron chi connectivity index (χ3n) is 3.39. The Labute approximate surface area is 152 Å². The van der Waals surface area contributed by atoms with Crippen LogP contribution in [0.25, 0.3) is 11.3 Å². The number of amides is 1. The van der Waals surface area contributed by atoms with Crippen molar-refractivity contribution in [1.29, 1.82) is 0 Å². The Bertz CT molecular complexity index is 919. The number of rotatable bonds is 4. The van der Waals surface area contributed by atoms with E-state index in [1.807, 2.05) is 0 Å². The molecule has 0 radical (unpaired) electrons. The quantitative estimate of drug-likeness (QED) is 0.430. The van der Waals surface area contributed by atoms with Crippen molar-refractivity contribution in [3.05, 3.63) is 51.3 Å². The number of nitrogens with zero attached hydrogens (tertiary/aromatic N) is 2. The molecular weight excluding hydrogens is 404 g/mol. The fourth-order valence-electron chi connectivity index (χ4n) is 2.18. The van der Waals surface area contributed by atoms with Crippen LogP contribution >= 0.6 is 11.6 Å². The summed E-state index contributed by atoms with van der Waals surface area (Å²) < 4.78 is 79.4. The number of nitroso groups, excluding NO2 is 1. The molecule has 0 fully saturated rings. The van der Waals surface area contributed by atoms with E-state index >= 15 is 0 Å². The van der Waals surface area contributed by atoms with E-state index in [1.165, 1.54) is 5.32 Å². The van der Waals surface area contributed by atoms with Crippen LogP contribution in [-0.2, 0) is 4.79 Å². The van der Waals surface area contributed by atoms with Gasteiger partial charge in [-0.1, -0.05) is 16.8 Å². The molecule has 1 aromatic carbocycles. The summed E-state index contributed by atoms with van der Waals surface area (Å²) in [6.45, 7) is 1.01. The molecular formula is C15H8ClF6N3O2. The largest absolute Gasteiger partial charge is 0.471 e. The summed E-state index contributed by atoms with van der Waals surface area (Å²) in [6.07, 6.45) is -5.39. The number of benzene rings is 1. The monoisotopic (exact) mass is 411 g/mol. The van der Waals surface area contributed by atoms with Gasteiger partial charge in [0.2, 0.25) is 0 Å². The van der Waals surface area contributed by atoms with Crippen molar-refractivity contribution in [1.82, 2.24) is 4.98 Å². The van der Waals surface area contributed by atoms with Gasteiger partial charge in [-0.3, -0.25) is 4.79 Å². The van der Waals surface area contributed by atoms with E-state index in [0.29, 0.717) is 6.07 Å². The molecule has 5 nitrogen and oxygen atoms in total. The number of anilines is 1. The van der Waals surface area contributed by atoms with Crippen molar-refractivity contribution < 1.29 is 31.1 Å². The first-order valence-electron chi connectivity index (χ1n) is 7.02. The van der Waals surface area contributed by atoms with E-state index in [-0.39, 0.29) is 0 Å². The van der Waals surface area contributed by atoms with E-state index in [2.05, 4.69) is 10.2 Å². The first kappa shape index (κ1) is 20.6. The van der Waals surface area contributed by atoms with Crippen LogP contribution in [-0.4, -0.2) is 17.1 Å². The predicted molar refractivity (Wildman–Crippen MR) is 83.5 cm³/mol. The molecule has 1 aromatic heterocycles. The van der Waals surface area contributed by atoms with Gasteiger partial charge in [-0.25, -0.2) is 18.2 Å². The molecule has 1 unspecified atom stereocenters. The molecule has 12 heteroatoms. The summed E-state index contributed by atoms with van der Waals surface area (Å²) in [5.74, 6) is -6.24. The highest BCUT2D eigenvalue weighted by Crippen LogP contribution is 2.40. The molecule has 1 heterocycles. The van der Waals surface area contributed by atoms with Gasteiger partial charge < -0.3 is 5.32 Å². The second kappa shape index (κ2) is 7.51. The fourth-order valence-corrected chi connectivity index (χ4v) is 2.37. The lowest BCUT2D eigenvalue weighted by Gasteiger charge is -2.19. The zero-order valence-corrected chi connectivity index (χ0v) is 13.9.